The summed E-state index contributed by atoms with van der Waals surface area (Å²) in [4.78, 5) is 3.47. The second kappa shape index (κ2) is 6.70. The smallest absolute Gasteiger partial charge is 0.219 e. The Morgan fingerprint density at radius 3 is 2.59 bits per heavy atom. The molecule has 2 aromatic carbocycles. The van der Waals surface area contributed by atoms with Gasteiger partial charge in [0.15, 0.2) is 11.9 Å². The second-order valence-electron chi connectivity index (χ2n) is 8.43. The molecular weight excluding hydrogens is 363 g/mol. The molecule has 0 bridgehead atoms. The highest BCUT2D eigenvalue weighted by molar-refractivity contribution is 6.10. The van der Waals surface area contributed by atoms with Crippen LogP contribution in [-0.4, -0.2) is 0 Å². The molecule has 0 atom stereocenters. The van der Waals surface area contributed by atoms with E-state index < -0.39 is 17.6 Å². The van der Waals surface area contributed by atoms with Crippen LogP contribution in [0.25, 0.3) is 38.0 Å². The molecule has 0 unspecified atom stereocenters. The fourth-order valence-electron chi connectivity index (χ4n) is 3.68. The largest absolute Gasteiger partial charge is 0.456 e. The average Bonchev–Trinajstić information content (AvgIpc) is 3.06. The van der Waals surface area contributed by atoms with E-state index in [1.807, 2.05) is 25.1 Å². The van der Waals surface area contributed by atoms with Crippen LogP contribution in [0.3, 0.4) is 0 Å². The third-order valence-electron chi connectivity index (χ3n) is 4.95. The molecule has 3 nitrogen and oxygen atoms in total. The Morgan fingerprint density at radius 2 is 1.90 bits per heavy atom. The van der Waals surface area contributed by atoms with E-state index in [4.69, 9.17) is 13.7 Å². The van der Waals surface area contributed by atoms with E-state index in [1.165, 1.54) is 12.3 Å². The SMILES string of the molecule is [2H]C([2H])(c1c[n+](C)c(-c2c(C)ccc3c2oc2cc([N+]#[C-])ccc23)cc1F)C(C)(C)C. The number of rotatable bonds is 2. The normalized spacial score (nSPS) is 13.4. The van der Waals surface area contributed by atoms with Gasteiger partial charge in [0.1, 0.15) is 24.0 Å². The van der Waals surface area contributed by atoms with E-state index in [9.17, 15) is 0 Å². The van der Waals surface area contributed by atoms with Gasteiger partial charge in [-0.15, -0.1) is 0 Å². The van der Waals surface area contributed by atoms with Crippen molar-refractivity contribution in [2.45, 2.75) is 34.1 Å². The Balaban J connectivity index is 2.00. The highest BCUT2D eigenvalue weighted by Crippen LogP contribution is 2.38. The summed E-state index contributed by atoms with van der Waals surface area (Å²) in [6.45, 7) is 14.5. The van der Waals surface area contributed by atoms with Crippen LogP contribution in [0, 0.1) is 24.7 Å². The van der Waals surface area contributed by atoms with Crippen LogP contribution in [0.5, 0.6) is 0 Å². The molecule has 0 saturated carbocycles. The lowest BCUT2D eigenvalue weighted by molar-refractivity contribution is -0.661. The summed E-state index contributed by atoms with van der Waals surface area (Å²) in [6, 6.07) is 10.7. The molecular formula is C25H24FN2O+. The minimum atomic E-state index is -1.84. The summed E-state index contributed by atoms with van der Waals surface area (Å²) in [6.07, 6.45) is -0.308. The Bertz CT molecular complexity index is 1390. The molecule has 4 rings (SSSR count). The van der Waals surface area contributed by atoms with E-state index in [0.29, 0.717) is 22.5 Å². The summed E-state index contributed by atoms with van der Waals surface area (Å²) in [7, 11) is 1.79. The number of halogens is 1. The predicted molar refractivity (Wildman–Crippen MR) is 114 cm³/mol. The molecule has 0 fully saturated rings. The van der Waals surface area contributed by atoms with E-state index in [2.05, 4.69) is 4.85 Å². The van der Waals surface area contributed by atoms with Gasteiger partial charge in [-0.2, -0.15) is 0 Å². The number of nitrogens with zero attached hydrogens (tertiary/aromatic N) is 2. The van der Waals surface area contributed by atoms with Gasteiger partial charge in [0.05, 0.1) is 17.7 Å². The van der Waals surface area contributed by atoms with Crippen LogP contribution in [-0.2, 0) is 13.4 Å². The first-order valence-corrected chi connectivity index (χ1v) is 9.49. The molecule has 4 aromatic rings. The molecule has 0 aliphatic heterocycles. The molecule has 0 spiro atoms. The zero-order valence-electron chi connectivity index (χ0n) is 19.2. The minimum Gasteiger partial charge on any atom is -0.456 e. The maximum atomic E-state index is 15.3. The van der Waals surface area contributed by atoms with Gasteiger partial charge in [0.25, 0.3) is 0 Å². The summed E-state index contributed by atoms with van der Waals surface area (Å²) < 4.78 is 40.1. The van der Waals surface area contributed by atoms with Crippen molar-refractivity contribution in [3.8, 4) is 11.3 Å². The number of hydrogen-bond acceptors (Lipinski definition) is 1. The number of hydrogen-bond donors (Lipinski definition) is 0. The molecule has 0 aliphatic rings. The number of aromatic nitrogens is 1. The molecule has 0 amide bonds. The van der Waals surface area contributed by atoms with Gasteiger partial charge in [0.2, 0.25) is 5.69 Å². The average molecular weight is 389 g/mol. The van der Waals surface area contributed by atoms with Crippen molar-refractivity contribution in [1.82, 2.24) is 0 Å². The summed E-state index contributed by atoms with van der Waals surface area (Å²) in [5, 5.41) is 1.79. The highest BCUT2D eigenvalue weighted by atomic mass is 19.1. The summed E-state index contributed by atoms with van der Waals surface area (Å²) in [5.41, 5.74) is 3.26. The maximum Gasteiger partial charge on any atom is 0.219 e. The Morgan fingerprint density at radius 1 is 1.17 bits per heavy atom. The van der Waals surface area contributed by atoms with E-state index in [0.717, 1.165) is 21.9 Å². The van der Waals surface area contributed by atoms with Crippen LogP contribution < -0.4 is 4.57 Å². The van der Waals surface area contributed by atoms with Gasteiger partial charge in [-0.3, -0.25) is 0 Å². The molecule has 0 saturated heterocycles. The fourth-order valence-corrected chi connectivity index (χ4v) is 3.68. The Kier molecular flexibility index (Phi) is 3.87. The molecule has 4 heteroatoms. The number of pyridine rings is 1. The van der Waals surface area contributed by atoms with Crippen molar-refractivity contribution >= 4 is 27.6 Å². The fraction of sp³-hybridized carbons (Fsp3) is 0.280. The van der Waals surface area contributed by atoms with Crippen LogP contribution in [0.2, 0.25) is 0 Å². The molecule has 146 valence electrons. The lowest BCUT2D eigenvalue weighted by atomic mass is 9.88. The van der Waals surface area contributed by atoms with Crippen LogP contribution >= 0.6 is 0 Å². The number of furan rings is 1. The van der Waals surface area contributed by atoms with Crippen molar-refractivity contribution in [3.63, 3.8) is 0 Å². The zero-order valence-corrected chi connectivity index (χ0v) is 17.2. The quantitative estimate of drug-likeness (QED) is 0.277. The molecule has 0 N–H and O–H groups in total. The Labute approximate surface area is 173 Å². The van der Waals surface area contributed by atoms with Crippen LogP contribution in [0.4, 0.5) is 10.1 Å². The standard InChI is InChI=1S/C25H24FN2O/c1-15-7-9-19-18-10-8-17(27-5)11-22(18)29-24(19)23(15)21-12-20(26)16(14-28(21)6)13-25(2,3)4/h7-12,14H,13H2,1-4,6H3/q+1/i13D2. The van der Waals surface area contributed by atoms with Crippen molar-refractivity contribution < 1.29 is 16.1 Å². The van der Waals surface area contributed by atoms with Crippen molar-refractivity contribution in [2.75, 3.05) is 0 Å². The Hall–Kier alpha value is -3.19. The van der Waals surface area contributed by atoms with Crippen molar-refractivity contribution in [3.05, 3.63) is 71.0 Å². The van der Waals surface area contributed by atoms with Gasteiger partial charge in [0, 0.05) is 19.6 Å². The van der Waals surface area contributed by atoms with Gasteiger partial charge in [-0.1, -0.05) is 45.0 Å². The van der Waals surface area contributed by atoms with E-state index >= 15 is 4.39 Å². The highest BCUT2D eigenvalue weighted by Gasteiger charge is 2.24. The first-order chi connectivity index (χ1) is 14.5. The van der Waals surface area contributed by atoms with Gasteiger partial charge in [-0.25, -0.2) is 13.8 Å². The molecule has 29 heavy (non-hydrogen) atoms. The molecule has 0 aliphatic carbocycles. The molecule has 2 heterocycles. The topological polar surface area (TPSA) is 21.4 Å². The van der Waals surface area contributed by atoms with E-state index in [1.54, 1.807) is 44.5 Å². The summed E-state index contributed by atoms with van der Waals surface area (Å²) >= 11 is 0. The third kappa shape index (κ3) is 3.38. The molecule has 0 radical (unpaired) electrons. The minimum absolute atomic E-state index is 0.0300. The first kappa shape index (κ1) is 16.7. The number of benzene rings is 2. The van der Waals surface area contributed by atoms with Gasteiger partial charge in [-0.05, 0) is 30.3 Å². The van der Waals surface area contributed by atoms with Crippen LogP contribution in [0.15, 0.2) is 47.0 Å². The van der Waals surface area contributed by atoms with E-state index in [-0.39, 0.29) is 5.56 Å². The summed E-state index contributed by atoms with van der Waals surface area (Å²) in [5.74, 6) is -0.587. The van der Waals surface area contributed by atoms with Gasteiger partial charge >= 0.3 is 0 Å². The van der Waals surface area contributed by atoms with Gasteiger partial charge < -0.3 is 4.42 Å². The van der Waals surface area contributed by atoms with Crippen LogP contribution in [0.1, 0.15) is 34.6 Å². The maximum absolute atomic E-state index is 15.3. The van der Waals surface area contributed by atoms with Crippen molar-refractivity contribution in [2.24, 2.45) is 12.5 Å². The number of aryl methyl sites for hydroxylation is 2. The second-order valence-corrected chi connectivity index (χ2v) is 8.43. The zero-order chi connectivity index (χ0) is 22.7. The molecule has 2 aromatic heterocycles. The monoisotopic (exact) mass is 389 g/mol. The van der Waals surface area contributed by atoms with Crippen molar-refractivity contribution in [1.29, 1.82) is 0 Å². The first-order valence-electron chi connectivity index (χ1n) is 10.5. The lowest BCUT2D eigenvalue weighted by Gasteiger charge is -2.18. The lowest BCUT2D eigenvalue weighted by Crippen LogP contribution is -2.33. The number of fused-ring (bicyclic) bond motifs is 3. The predicted octanol–water partition coefficient (Wildman–Crippen LogP) is 6.66. The third-order valence-corrected chi connectivity index (χ3v) is 4.95.